The quantitative estimate of drug-likeness (QED) is 0.804. The molecule has 2 N–H and O–H groups in total. The summed E-state index contributed by atoms with van der Waals surface area (Å²) in [5.41, 5.74) is 5.95. The van der Waals surface area contributed by atoms with E-state index < -0.39 is 0 Å². The molecule has 0 aromatic carbocycles. The number of rotatable bonds is 4. The molecule has 1 heterocycles. The molecule has 0 aromatic rings. The van der Waals surface area contributed by atoms with Gasteiger partial charge in [0.25, 0.3) is 0 Å². The molecule has 3 heteroatoms. The van der Waals surface area contributed by atoms with Gasteiger partial charge in [-0.3, -0.25) is 0 Å². The smallest absolute Gasteiger partial charge is 0.0116 e. The standard InChI is InChI=1S/C12H26N2S/c1-4-11(13)5-7-14-8-6-12(2,3)15-10-9-14/h11H,4-10,13H2,1-3H3. The molecule has 1 rings (SSSR count). The molecule has 90 valence electrons. The van der Waals surface area contributed by atoms with E-state index in [0.29, 0.717) is 10.8 Å². The van der Waals surface area contributed by atoms with Crippen molar-refractivity contribution in [2.45, 2.75) is 50.8 Å². The second-order valence-corrected chi connectivity index (χ2v) is 6.96. The van der Waals surface area contributed by atoms with Crippen LogP contribution in [-0.2, 0) is 0 Å². The van der Waals surface area contributed by atoms with Gasteiger partial charge in [0.2, 0.25) is 0 Å². The van der Waals surface area contributed by atoms with Crippen molar-refractivity contribution in [2.24, 2.45) is 5.73 Å². The highest BCUT2D eigenvalue weighted by atomic mass is 32.2. The van der Waals surface area contributed by atoms with Crippen LogP contribution in [0.4, 0.5) is 0 Å². The molecule has 1 aliphatic rings. The zero-order chi connectivity index (χ0) is 11.3. The summed E-state index contributed by atoms with van der Waals surface area (Å²) in [7, 11) is 0. The van der Waals surface area contributed by atoms with E-state index in [-0.39, 0.29) is 0 Å². The van der Waals surface area contributed by atoms with Crippen LogP contribution in [0.3, 0.4) is 0 Å². The van der Waals surface area contributed by atoms with Crippen LogP contribution >= 0.6 is 11.8 Å². The van der Waals surface area contributed by atoms with Gasteiger partial charge in [0.05, 0.1) is 0 Å². The molecule has 1 aliphatic heterocycles. The average molecular weight is 230 g/mol. The molecule has 0 spiro atoms. The third-order valence-corrected chi connectivity index (χ3v) is 4.64. The van der Waals surface area contributed by atoms with Crippen molar-refractivity contribution in [1.29, 1.82) is 0 Å². The van der Waals surface area contributed by atoms with Gasteiger partial charge in [0.15, 0.2) is 0 Å². The monoisotopic (exact) mass is 230 g/mol. The highest BCUT2D eigenvalue weighted by Crippen LogP contribution is 2.30. The summed E-state index contributed by atoms with van der Waals surface area (Å²) in [4.78, 5) is 2.58. The lowest BCUT2D eigenvalue weighted by molar-refractivity contribution is 0.272. The van der Waals surface area contributed by atoms with E-state index in [1.165, 1.54) is 31.8 Å². The molecule has 0 bridgehead atoms. The molecule has 0 saturated carbocycles. The first kappa shape index (κ1) is 13.3. The normalized spacial score (nSPS) is 24.8. The van der Waals surface area contributed by atoms with Crippen molar-refractivity contribution < 1.29 is 0 Å². The zero-order valence-electron chi connectivity index (χ0n) is 10.5. The Hall–Kier alpha value is 0.270. The van der Waals surface area contributed by atoms with Crippen molar-refractivity contribution in [1.82, 2.24) is 4.90 Å². The Kier molecular flexibility index (Phi) is 5.44. The van der Waals surface area contributed by atoms with Crippen LogP contribution in [0.25, 0.3) is 0 Å². The second-order valence-electron chi connectivity index (χ2n) is 5.16. The average Bonchev–Trinajstić information content (AvgIpc) is 2.36. The van der Waals surface area contributed by atoms with Crippen molar-refractivity contribution in [3.05, 3.63) is 0 Å². The number of thioether (sulfide) groups is 1. The molecule has 1 saturated heterocycles. The van der Waals surface area contributed by atoms with E-state index in [1.807, 2.05) is 0 Å². The van der Waals surface area contributed by atoms with E-state index in [0.717, 1.165) is 12.8 Å². The minimum Gasteiger partial charge on any atom is -0.328 e. The molecule has 1 unspecified atom stereocenters. The Bertz CT molecular complexity index is 182. The number of nitrogens with two attached hydrogens (primary N) is 1. The van der Waals surface area contributed by atoms with Crippen LogP contribution in [0.5, 0.6) is 0 Å². The number of nitrogens with zero attached hydrogens (tertiary/aromatic N) is 1. The molecule has 2 nitrogen and oxygen atoms in total. The highest BCUT2D eigenvalue weighted by molar-refractivity contribution is 8.00. The Morgan fingerprint density at radius 3 is 2.80 bits per heavy atom. The van der Waals surface area contributed by atoms with Gasteiger partial charge in [-0.15, -0.1) is 0 Å². The van der Waals surface area contributed by atoms with Crippen LogP contribution in [0.15, 0.2) is 0 Å². The molecular formula is C12H26N2S. The van der Waals surface area contributed by atoms with Crippen molar-refractivity contribution >= 4 is 11.8 Å². The molecule has 0 aliphatic carbocycles. The summed E-state index contributed by atoms with van der Waals surface area (Å²) in [6, 6.07) is 0.397. The molecule has 0 aromatic heterocycles. The van der Waals surface area contributed by atoms with Crippen molar-refractivity contribution in [3.8, 4) is 0 Å². The fourth-order valence-electron chi connectivity index (χ4n) is 1.84. The van der Waals surface area contributed by atoms with E-state index >= 15 is 0 Å². The van der Waals surface area contributed by atoms with Crippen molar-refractivity contribution in [2.75, 3.05) is 25.4 Å². The topological polar surface area (TPSA) is 29.3 Å². The van der Waals surface area contributed by atoms with Crippen LogP contribution < -0.4 is 5.73 Å². The highest BCUT2D eigenvalue weighted by Gasteiger charge is 2.23. The predicted molar refractivity (Wildman–Crippen MR) is 70.5 cm³/mol. The maximum Gasteiger partial charge on any atom is 0.0116 e. The van der Waals surface area contributed by atoms with Crippen LogP contribution in [0.1, 0.15) is 40.0 Å². The van der Waals surface area contributed by atoms with Crippen LogP contribution in [0, 0.1) is 0 Å². The van der Waals surface area contributed by atoms with Gasteiger partial charge in [-0.2, -0.15) is 11.8 Å². The third kappa shape index (κ3) is 5.23. The van der Waals surface area contributed by atoms with Gasteiger partial charge in [0, 0.05) is 23.1 Å². The lowest BCUT2D eigenvalue weighted by atomic mass is 10.1. The largest absolute Gasteiger partial charge is 0.328 e. The van der Waals surface area contributed by atoms with Gasteiger partial charge in [-0.05, 0) is 32.4 Å². The summed E-state index contributed by atoms with van der Waals surface area (Å²) >= 11 is 2.11. The molecule has 15 heavy (non-hydrogen) atoms. The predicted octanol–water partition coefficient (Wildman–Crippen LogP) is 2.33. The van der Waals surface area contributed by atoms with E-state index in [9.17, 15) is 0 Å². The first-order valence-electron chi connectivity index (χ1n) is 6.15. The summed E-state index contributed by atoms with van der Waals surface area (Å²) in [6.07, 6.45) is 3.56. The lowest BCUT2D eigenvalue weighted by Crippen LogP contribution is -2.32. The van der Waals surface area contributed by atoms with Crippen LogP contribution in [0.2, 0.25) is 0 Å². The molecular weight excluding hydrogens is 204 g/mol. The Labute approximate surface area is 99.0 Å². The number of hydrogen-bond acceptors (Lipinski definition) is 3. The zero-order valence-corrected chi connectivity index (χ0v) is 11.3. The minimum absolute atomic E-state index is 0.397. The minimum atomic E-state index is 0.397. The first-order chi connectivity index (χ1) is 7.03. The maximum absolute atomic E-state index is 5.95. The molecule has 1 fully saturated rings. The summed E-state index contributed by atoms with van der Waals surface area (Å²) < 4.78 is 0.474. The fraction of sp³-hybridized carbons (Fsp3) is 1.00. The Morgan fingerprint density at radius 2 is 2.13 bits per heavy atom. The first-order valence-corrected chi connectivity index (χ1v) is 7.14. The van der Waals surface area contributed by atoms with Crippen LogP contribution in [-0.4, -0.2) is 41.1 Å². The van der Waals surface area contributed by atoms with Gasteiger partial charge in [0.1, 0.15) is 0 Å². The Balaban J connectivity index is 2.26. The Morgan fingerprint density at radius 1 is 1.40 bits per heavy atom. The summed E-state index contributed by atoms with van der Waals surface area (Å²) in [6.45, 7) is 10.6. The van der Waals surface area contributed by atoms with Gasteiger partial charge >= 0.3 is 0 Å². The number of hydrogen-bond donors (Lipinski definition) is 1. The third-order valence-electron chi connectivity index (χ3n) is 3.27. The SMILES string of the molecule is CCC(N)CCN1CCSC(C)(C)CC1. The van der Waals surface area contributed by atoms with Gasteiger partial charge in [-0.25, -0.2) is 0 Å². The molecule has 0 radical (unpaired) electrons. The second kappa shape index (κ2) is 6.12. The molecule has 1 atom stereocenters. The maximum atomic E-state index is 5.95. The van der Waals surface area contributed by atoms with E-state index in [2.05, 4.69) is 37.4 Å². The lowest BCUT2D eigenvalue weighted by Gasteiger charge is -2.23. The summed E-state index contributed by atoms with van der Waals surface area (Å²) in [5, 5.41) is 0. The summed E-state index contributed by atoms with van der Waals surface area (Å²) in [5.74, 6) is 1.27. The van der Waals surface area contributed by atoms with E-state index in [1.54, 1.807) is 0 Å². The fourth-order valence-corrected chi connectivity index (χ4v) is 2.98. The van der Waals surface area contributed by atoms with Crippen molar-refractivity contribution in [3.63, 3.8) is 0 Å². The van der Waals surface area contributed by atoms with Gasteiger partial charge in [-0.1, -0.05) is 20.8 Å². The molecule has 0 amide bonds. The van der Waals surface area contributed by atoms with Gasteiger partial charge < -0.3 is 10.6 Å². The van der Waals surface area contributed by atoms with E-state index in [4.69, 9.17) is 5.73 Å².